The molecule has 0 aromatic heterocycles. The van der Waals surface area contributed by atoms with Gasteiger partial charge in [0, 0.05) is 30.9 Å². The highest BCUT2D eigenvalue weighted by molar-refractivity contribution is 5.53. The molecule has 1 fully saturated rings. The van der Waals surface area contributed by atoms with Crippen molar-refractivity contribution in [2.75, 3.05) is 38.6 Å². The van der Waals surface area contributed by atoms with Crippen LogP contribution in [0.15, 0.2) is 24.3 Å². The van der Waals surface area contributed by atoms with Crippen LogP contribution in [0.1, 0.15) is 18.4 Å². The van der Waals surface area contributed by atoms with Crippen LogP contribution in [0.3, 0.4) is 0 Å². The Balaban J connectivity index is 2.09. The molecular formula is C15H25N3. The van der Waals surface area contributed by atoms with Gasteiger partial charge >= 0.3 is 0 Å². The molecule has 1 aromatic carbocycles. The maximum absolute atomic E-state index is 5.99. The van der Waals surface area contributed by atoms with E-state index in [-0.39, 0.29) is 5.54 Å². The molecule has 0 spiro atoms. The molecule has 0 aliphatic carbocycles. The van der Waals surface area contributed by atoms with Crippen LogP contribution < -0.4 is 10.6 Å². The number of hydrogen-bond acceptors (Lipinski definition) is 3. The van der Waals surface area contributed by atoms with E-state index in [4.69, 9.17) is 5.73 Å². The first-order chi connectivity index (χ1) is 8.59. The zero-order valence-electron chi connectivity index (χ0n) is 11.8. The minimum Gasteiger partial charge on any atom is -0.371 e. The van der Waals surface area contributed by atoms with Crippen molar-refractivity contribution in [3.8, 4) is 0 Å². The van der Waals surface area contributed by atoms with E-state index in [9.17, 15) is 0 Å². The van der Waals surface area contributed by atoms with Crippen molar-refractivity contribution >= 4 is 5.69 Å². The fraction of sp³-hybridized carbons (Fsp3) is 0.600. The Morgan fingerprint density at radius 2 is 1.83 bits per heavy atom. The molecule has 0 bridgehead atoms. The van der Waals surface area contributed by atoms with Crippen LogP contribution in [-0.4, -0.2) is 44.2 Å². The van der Waals surface area contributed by atoms with Gasteiger partial charge in [0.05, 0.1) is 0 Å². The number of benzene rings is 1. The first kappa shape index (κ1) is 13.4. The fourth-order valence-corrected chi connectivity index (χ4v) is 2.92. The Hall–Kier alpha value is -1.06. The minimum absolute atomic E-state index is 0.194. The van der Waals surface area contributed by atoms with E-state index in [0.29, 0.717) is 0 Å². The van der Waals surface area contributed by atoms with Crippen molar-refractivity contribution in [1.82, 2.24) is 4.90 Å². The standard InChI is InChI=1S/C15H25N3/c1-13-6-4-5-7-14(13)18-10-8-15(12-16,9-11-18)17(2)3/h4-7H,8-12,16H2,1-3H3. The van der Waals surface area contributed by atoms with Gasteiger partial charge in [0.2, 0.25) is 0 Å². The molecule has 1 aromatic rings. The van der Waals surface area contributed by atoms with Gasteiger partial charge in [-0.2, -0.15) is 0 Å². The van der Waals surface area contributed by atoms with Crippen molar-refractivity contribution in [2.45, 2.75) is 25.3 Å². The van der Waals surface area contributed by atoms with Crippen molar-refractivity contribution in [2.24, 2.45) is 5.73 Å². The Morgan fingerprint density at radius 1 is 1.22 bits per heavy atom. The molecule has 3 nitrogen and oxygen atoms in total. The third-order valence-electron chi connectivity index (χ3n) is 4.48. The van der Waals surface area contributed by atoms with E-state index in [2.05, 4.69) is 55.1 Å². The van der Waals surface area contributed by atoms with Crippen LogP contribution >= 0.6 is 0 Å². The van der Waals surface area contributed by atoms with Gasteiger partial charge in [0.25, 0.3) is 0 Å². The Labute approximate surface area is 111 Å². The van der Waals surface area contributed by atoms with Crippen molar-refractivity contribution in [1.29, 1.82) is 0 Å². The lowest BCUT2D eigenvalue weighted by molar-refractivity contribution is 0.125. The van der Waals surface area contributed by atoms with Crippen LogP contribution in [0.5, 0.6) is 0 Å². The summed E-state index contributed by atoms with van der Waals surface area (Å²) in [4.78, 5) is 4.80. The van der Waals surface area contributed by atoms with E-state index < -0.39 is 0 Å². The quantitative estimate of drug-likeness (QED) is 0.885. The molecule has 0 atom stereocenters. The first-order valence-corrected chi connectivity index (χ1v) is 6.77. The zero-order chi connectivity index (χ0) is 13.2. The molecule has 1 heterocycles. The summed E-state index contributed by atoms with van der Waals surface area (Å²) in [7, 11) is 4.30. The maximum Gasteiger partial charge on any atom is 0.0395 e. The van der Waals surface area contributed by atoms with Gasteiger partial charge in [-0.1, -0.05) is 18.2 Å². The van der Waals surface area contributed by atoms with Gasteiger partial charge in [-0.05, 0) is 45.5 Å². The van der Waals surface area contributed by atoms with Crippen LogP contribution in [0, 0.1) is 6.92 Å². The summed E-state index contributed by atoms with van der Waals surface area (Å²) < 4.78 is 0. The maximum atomic E-state index is 5.99. The largest absolute Gasteiger partial charge is 0.371 e. The molecule has 0 radical (unpaired) electrons. The minimum atomic E-state index is 0.194. The fourth-order valence-electron chi connectivity index (χ4n) is 2.92. The SMILES string of the molecule is Cc1ccccc1N1CCC(CN)(N(C)C)CC1. The van der Waals surface area contributed by atoms with Gasteiger partial charge in [0.15, 0.2) is 0 Å². The molecule has 0 amide bonds. The number of nitrogens with two attached hydrogens (primary N) is 1. The molecule has 3 heteroatoms. The molecular weight excluding hydrogens is 222 g/mol. The molecule has 2 rings (SSSR count). The van der Waals surface area contributed by atoms with Gasteiger partial charge in [0.1, 0.15) is 0 Å². The van der Waals surface area contributed by atoms with Crippen molar-refractivity contribution in [3.05, 3.63) is 29.8 Å². The van der Waals surface area contributed by atoms with E-state index >= 15 is 0 Å². The van der Waals surface area contributed by atoms with Crippen molar-refractivity contribution in [3.63, 3.8) is 0 Å². The highest BCUT2D eigenvalue weighted by Crippen LogP contribution is 2.30. The summed E-state index contributed by atoms with van der Waals surface area (Å²) in [6, 6.07) is 8.64. The predicted octanol–water partition coefficient (Wildman–Crippen LogP) is 1.85. The average molecular weight is 247 g/mol. The summed E-state index contributed by atoms with van der Waals surface area (Å²) in [6.07, 6.45) is 2.29. The number of anilines is 1. The second kappa shape index (κ2) is 5.29. The lowest BCUT2D eigenvalue weighted by Gasteiger charge is -2.46. The van der Waals surface area contributed by atoms with Gasteiger partial charge < -0.3 is 15.5 Å². The monoisotopic (exact) mass is 247 g/mol. The number of nitrogens with zero attached hydrogens (tertiary/aromatic N) is 2. The number of rotatable bonds is 3. The summed E-state index contributed by atoms with van der Waals surface area (Å²) >= 11 is 0. The highest BCUT2D eigenvalue weighted by atomic mass is 15.2. The molecule has 1 aliphatic rings. The molecule has 18 heavy (non-hydrogen) atoms. The highest BCUT2D eigenvalue weighted by Gasteiger charge is 2.35. The molecule has 100 valence electrons. The molecule has 1 aliphatic heterocycles. The number of para-hydroxylation sites is 1. The molecule has 1 saturated heterocycles. The topological polar surface area (TPSA) is 32.5 Å². The van der Waals surface area contributed by atoms with Gasteiger partial charge in [-0.3, -0.25) is 0 Å². The average Bonchev–Trinajstić information content (AvgIpc) is 2.39. The van der Waals surface area contributed by atoms with E-state index in [1.807, 2.05) is 0 Å². The third kappa shape index (κ3) is 2.38. The van der Waals surface area contributed by atoms with Crippen LogP contribution in [0.4, 0.5) is 5.69 Å². The second-order valence-electron chi connectivity index (χ2n) is 5.60. The third-order valence-corrected chi connectivity index (χ3v) is 4.48. The molecule has 0 saturated carbocycles. The first-order valence-electron chi connectivity index (χ1n) is 6.77. The van der Waals surface area contributed by atoms with Gasteiger partial charge in [-0.15, -0.1) is 0 Å². The molecule has 0 unspecified atom stereocenters. The number of aryl methyl sites for hydroxylation is 1. The Bertz CT molecular complexity index is 392. The summed E-state index contributed by atoms with van der Waals surface area (Å²) in [5.74, 6) is 0. The lowest BCUT2D eigenvalue weighted by Crippen LogP contribution is -2.57. The Kier molecular flexibility index (Phi) is 3.93. The summed E-state index contributed by atoms with van der Waals surface area (Å²) in [6.45, 7) is 5.13. The van der Waals surface area contributed by atoms with E-state index in [1.165, 1.54) is 11.3 Å². The number of hydrogen-bond donors (Lipinski definition) is 1. The van der Waals surface area contributed by atoms with Crippen LogP contribution in [0.25, 0.3) is 0 Å². The normalized spacial score (nSPS) is 19.3. The zero-order valence-corrected chi connectivity index (χ0v) is 11.8. The number of piperidine rings is 1. The predicted molar refractivity (Wildman–Crippen MR) is 78.1 cm³/mol. The van der Waals surface area contributed by atoms with Crippen molar-refractivity contribution < 1.29 is 0 Å². The van der Waals surface area contributed by atoms with E-state index in [1.54, 1.807) is 0 Å². The molecule has 2 N–H and O–H groups in total. The van der Waals surface area contributed by atoms with Crippen LogP contribution in [0.2, 0.25) is 0 Å². The van der Waals surface area contributed by atoms with E-state index in [0.717, 1.165) is 32.5 Å². The van der Waals surface area contributed by atoms with Crippen LogP contribution in [-0.2, 0) is 0 Å². The summed E-state index contributed by atoms with van der Waals surface area (Å²) in [5, 5.41) is 0. The van der Waals surface area contributed by atoms with Gasteiger partial charge in [-0.25, -0.2) is 0 Å². The number of likely N-dealkylation sites (N-methyl/N-ethyl adjacent to an activating group) is 1. The smallest absolute Gasteiger partial charge is 0.0395 e. The lowest BCUT2D eigenvalue weighted by atomic mass is 9.86. The second-order valence-corrected chi connectivity index (χ2v) is 5.60. The Morgan fingerprint density at radius 3 is 2.33 bits per heavy atom. The summed E-state index contributed by atoms with van der Waals surface area (Å²) in [5.41, 5.74) is 8.93.